The molecule has 0 unspecified atom stereocenters. The summed E-state index contributed by atoms with van der Waals surface area (Å²) in [5, 5.41) is 8.69. The Kier molecular flexibility index (Phi) is 4.67. The van der Waals surface area contributed by atoms with Gasteiger partial charge in [0.15, 0.2) is 6.73 Å². The molecule has 0 amide bonds. The number of hydrogen-bond donors (Lipinski definition) is 0. The Morgan fingerprint density at radius 1 is 1.17 bits per heavy atom. The molecule has 6 nitrogen and oxygen atoms in total. The number of halogens is 1. The van der Waals surface area contributed by atoms with Crippen LogP contribution >= 0.6 is 11.6 Å². The van der Waals surface area contributed by atoms with Crippen LogP contribution in [0.2, 0.25) is 5.02 Å². The molecule has 3 aromatic rings. The third-order valence-corrected chi connectivity index (χ3v) is 3.49. The van der Waals surface area contributed by atoms with Gasteiger partial charge >= 0.3 is 5.97 Å². The van der Waals surface area contributed by atoms with E-state index in [9.17, 15) is 9.59 Å². The number of nitrogens with zero attached hydrogens (tertiary/aromatic N) is 3. The van der Waals surface area contributed by atoms with E-state index < -0.39 is 5.97 Å². The van der Waals surface area contributed by atoms with Gasteiger partial charge in [0.05, 0.1) is 5.39 Å². The molecule has 24 heavy (non-hydrogen) atoms. The van der Waals surface area contributed by atoms with Gasteiger partial charge in [-0.2, -0.15) is 4.68 Å². The first-order chi connectivity index (χ1) is 11.6. The molecule has 0 radical (unpaired) electrons. The number of esters is 1. The number of fused-ring (bicyclic) bond motifs is 1. The number of benzene rings is 2. The fourth-order valence-corrected chi connectivity index (χ4v) is 2.14. The van der Waals surface area contributed by atoms with Crippen LogP contribution in [0.1, 0.15) is 5.56 Å². The molecule has 0 saturated heterocycles. The van der Waals surface area contributed by atoms with Crippen molar-refractivity contribution in [3.63, 3.8) is 0 Å². The van der Waals surface area contributed by atoms with Gasteiger partial charge in [0, 0.05) is 11.1 Å². The number of ether oxygens (including phenoxy) is 1. The molecule has 3 rings (SSSR count). The highest BCUT2D eigenvalue weighted by Crippen LogP contribution is 2.10. The van der Waals surface area contributed by atoms with Crippen molar-refractivity contribution in [1.82, 2.24) is 15.0 Å². The molecule has 1 heterocycles. The molecular formula is C17H12ClN3O3. The number of rotatable bonds is 4. The Morgan fingerprint density at radius 2 is 1.92 bits per heavy atom. The summed E-state index contributed by atoms with van der Waals surface area (Å²) < 4.78 is 6.01. The topological polar surface area (TPSA) is 74.1 Å². The average molecular weight is 342 g/mol. The minimum Gasteiger partial charge on any atom is -0.439 e. The highest BCUT2D eigenvalue weighted by Gasteiger charge is 2.06. The average Bonchev–Trinajstić information content (AvgIpc) is 2.61. The summed E-state index contributed by atoms with van der Waals surface area (Å²) in [6.45, 7) is -0.305. The van der Waals surface area contributed by atoms with Crippen LogP contribution in [-0.4, -0.2) is 21.0 Å². The lowest BCUT2D eigenvalue weighted by Gasteiger charge is -2.04. The molecule has 1 aromatic heterocycles. The Labute approximate surface area is 141 Å². The smallest absolute Gasteiger partial charge is 0.332 e. The monoisotopic (exact) mass is 341 g/mol. The highest BCUT2D eigenvalue weighted by atomic mass is 35.5. The van der Waals surface area contributed by atoms with E-state index in [1.165, 1.54) is 6.08 Å². The van der Waals surface area contributed by atoms with Crippen molar-refractivity contribution in [3.05, 3.63) is 75.5 Å². The third kappa shape index (κ3) is 3.67. The summed E-state index contributed by atoms with van der Waals surface area (Å²) in [4.78, 5) is 23.9. The quantitative estimate of drug-likeness (QED) is 0.538. The molecule has 0 aliphatic heterocycles. The molecule has 0 aliphatic rings. The van der Waals surface area contributed by atoms with Crippen LogP contribution in [0.15, 0.2) is 59.4 Å². The van der Waals surface area contributed by atoms with Crippen molar-refractivity contribution in [2.75, 3.05) is 0 Å². The zero-order valence-electron chi connectivity index (χ0n) is 12.4. The highest BCUT2D eigenvalue weighted by molar-refractivity contribution is 6.30. The van der Waals surface area contributed by atoms with Gasteiger partial charge in [-0.1, -0.05) is 41.1 Å². The van der Waals surface area contributed by atoms with Crippen LogP contribution in [0, 0.1) is 0 Å². The standard InChI is InChI=1S/C17H12ClN3O3/c18-13-8-5-12(6-9-13)7-10-16(22)24-11-21-17(23)14-3-1-2-4-15(14)19-20-21/h1-10H,11H2. The fourth-order valence-electron chi connectivity index (χ4n) is 2.02. The largest absolute Gasteiger partial charge is 0.439 e. The van der Waals surface area contributed by atoms with Crippen LogP contribution in [0.5, 0.6) is 0 Å². The SMILES string of the molecule is O=C(C=Cc1ccc(Cl)cc1)OCn1nnc2ccccc2c1=O. The maximum Gasteiger partial charge on any atom is 0.332 e. The summed E-state index contributed by atoms with van der Waals surface area (Å²) in [5.41, 5.74) is 0.932. The van der Waals surface area contributed by atoms with Gasteiger partial charge in [-0.3, -0.25) is 4.79 Å². The summed E-state index contributed by atoms with van der Waals surface area (Å²) in [5.74, 6) is -0.591. The van der Waals surface area contributed by atoms with E-state index in [4.69, 9.17) is 16.3 Å². The van der Waals surface area contributed by atoms with E-state index in [0.717, 1.165) is 10.2 Å². The zero-order chi connectivity index (χ0) is 16.9. The van der Waals surface area contributed by atoms with Gasteiger partial charge in [-0.15, -0.1) is 5.10 Å². The van der Waals surface area contributed by atoms with Crippen molar-refractivity contribution in [1.29, 1.82) is 0 Å². The summed E-state index contributed by atoms with van der Waals surface area (Å²) >= 11 is 5.79. The molecule has 0 atom stereocenters. The number of aromatic nitrogens is 3. The maximum atomic E-state index is 12.2. The van der Waals surface area contributed by atoms with Crippen LogP contribution in [0.25, 0.3) is 17.0 Å². The van der Waals surface area contributed by atoms with Gasteiger partial charge in [0.1, 0.15) is 5.52 Å². The minimum atomic E-state index is -0.591. The van der Waals surface area contributed by atoms with E-state index in [1.807, 2.05) is 0 Å². The molecule has 0 N–H and O–H groups in total. The predicted octanol–water partition coefficient (Wildman–Crippen LogP) is 2.66. The second-order valence-corrected chi connectivity index (χ2v) is 5.33. The van der Waals surface area contributed by atoms with E-state index in [1.54, 1.807) is 54.6 Å². The Bertz CT molecular complexity index is 965. The molecule has 2 aromatic carbocycles. The van der Waals surface area contributed by atoms with Crippen molar-refractivity contribution in [2.45, 2.75) is 6.73 Å². The number of hydrogen-bond acceptors (Lipinski definition) is 5. The summed E-state index contributed by atoms with van der Waals surface area (Å²) in [7, 11) is 0. The van der Waals surface area contributed by atoms with Gasteiger partial charge < -0.3 is 4.74 Å². The normalized spacial score (nSPS) is 11.0. The van der Waals surface area contributed by atoms with Crippen LogP contribution in [-0.2, 0) is 16.3 Å². The van der Waals surface area contributed by atoms with Gasteiger partial charge in [0.25, 0.3) is 5.56 Å². The Hall–Kier alpha value is -2.99. The van der Waals surface area contributed by atoms with Crippen molar-refractivity contribution in [2.24, 2.45) is 0 Å². The minimum absolute atomic E-state index is 0.305. The fraction of sp³-hybridized carbons (Fsp3) is 0.0588. The summed E-state index contributed by atoms with van der Waals surface area (Å²) in [6.07, 6.45) is 2.86. The molecular weight excluding hydrogens is 330 g/mol. The first-order valence-corrected chi connectivity index (χ1v) is 7.44. The molecule has 0 spiro atoms. The van der Waals surface area contributed by atoms with Crippen LogP contribution in [0.3, 0.4) is 0 Å². The lowest BCUT2D eigenvalue weighted by Crippen LogP contribution is -2.26. The summed E-state index contributed by atoms with van der Waals surface area (Å²) in [6, 6.07) is 13.8. The van der Waals surface area contributed by atoms with Gasteiger partial charge in [-0.05, 0) is 35.9 Å². The van der Waals surface area contributed by atoms with E-state index >= 15 is 0 Å². The first-order valence-electron chi connectivity index (χ1n) is 7.06. The van der Waals surface area contributed by atoms with E-state index in [2.05, 4.69) is 10.3 Å². The molecule has 0 bridgehead atoms. The van der Waals surface area contributed by atoms with Gasteiger partial charge in [0.2, 0.25) is 0 Å². The molecule has 0 aliphatic carbocycles. The molecule has 0 saturated carbocycles. The first kappa shape index (κ1) is 15.9. The molecule has 120 valence electrons. The lowest BCUT2D eigenvalue weighted by molar-refractivity contribution is -0.141. The molecule has 7 heteroatoms. The number of carbonyl (C=O) groups excluding carboxylic acids is 1. The maximum absolute atomic E-state index is 12.2. The van der Waals surface area contributed by atoms with Crippen molar-refractivity contribution in [3.8, 4) is 0 Å². The van der Waals surface area contributed by atoms with Crippen molar-refractivity contribution >= 4 is 34.5 Å². The second-order valence-electron chi connectivity index (χ2n) is 4.89. The second kappa shape index (κ2) is 7.06. The number of carbonyl (C=O) groups is 1. The Morgan fingerprint density at radius 3 is 2.71 bits per heavy atom. The Balaban J connectivity index is 1.67. The van der Waals surface area contributed by atoms with Crippen LogP contribution in [0.4, 0.5) is 0 Å². The third-order valence-electron chi connectivity index (χ3n) is 3.24. The lowest BCUT2D eigenvalue weighted by atomic mass is 10.2. The molecule has 0 fully saturated rings. The van der Waals surface area contributed by atoms with Gasteiger partial charge in [-0.25, -0.2) is 4.79 Å². The predicted molar refractivity (Wildman–Crippen MR) is 90.4 cm³/mol. The van der Waals surface area contributed by atoms with Crippen LogP contribution < -0.4 is 5.56 Å². The van der Waals surface area contributed by atoms with E-state index in [-0.39, 0.29) is 12.3 Å². The van der Waals surface area contributed by atoms with E-state index in [0.29, 0.717) is 15.9 Å². The zero-order valence-corrected chi connectivity index (χ0v) is 13.2. The van der Waals surface area contributed by atoms with Crippen molar-refractivity contribution < 1.29 is 9.53 Å².